The molecule has 0 radical (unpaired) electrons. The van der Waals surface area contributed by atoms with Gasteiger partial charge in [0.25, 0.3) is 5.56 Å². The van der Waals surface area contributed by atoms with Gasteiger partial charge in [0.15, 0.2) is 0 Å². The Morgan fingerprint density at radius 1 is 1.06 bits per heavy atom. The summed E-state index contributed by atoms with van der Waals surface area (Å²) in [5.41, 5.74) is -0.170. The number of ether oxygens (including phenoxy) is 1. The molecule has 0 saturated heterocycles. The van der Waals surface area contributed by atoms with Crippen molar-refractivity contribution in [3.05, 3.63) is 105 Å². The highest BCUT2D eigenvalue weighted by atomic mass is 19.1. The zero-order valence-corrected chi connectivity index (χ0v) is 20.0. The van der Waals surface area contributed by atoms with Crippen LogP contribution in [0, 0.1) is 11.7 Å². The smallest absolute Gasteiger partial charge is 0.325 e. The van der Waals surface area contributed by atoms with E-state index >= 15 is 0 Å². The Hall–Kier alpha value is -3.52. The fourth-order valence-electron chi connectivity index (χ4n) is 3.74. The van der Waals surface area contributed by atoms with Gasteiger partial charge in [-0.05, 0) is 25.2 Å². The van der Waals surface area contributed by atoms with E-state index in [0.717, 1.165) is 12.1 Å². The summed E-state index contributed by atoms with van der Waals surface area (Å²) < 4.78 is 18.2. The van der Waals surface area contributed by atoms with E-state index < -0.39 is 22.7 Å². The molecule has 182 valence electrons. The number of nitrogens with one attached hydrogen (secondary N) is 2. The van der Waals surface area contributed by atoms with E-state index in [-0.39, 0.29) is 11.9 Å². The topological polar surface area (TPSA) is 95.3 Å². The van der Waals surface area contributed by atoms with E-state index in [1.807, 2.05) is 48.3 Å². The summed E-state index contributed by atoms with van der Waals surface area (Å²) in [4.78, 5) is 38.5. The lowest BCUT2D eigenvalue weighted by molar-refractivity contribution is -0.168. The standard InChI is InChI=1S/C22H29NO2.C4H3FN2O2/c1-5-21(24)25-22(18(2)17-23(3)4,20-14-10-7-11-15-20)16-19-12-8-6-9-13-19;5-2-1-6-4(9)7-3(2)8/h6-15,18H,5,16-17H2,1-4H3;1H,(H2,6,7,8,9)/t18-,22+;/m1./s1. The van der Waals surface area contributed by atoms with Gasteiger partial charge in [-0.25, -0.2) is 4.79 Å². The molecule has 0 saturated carbocycles. The van der Waals surface area contributed by atoms with Crippen LogP contribution < -0.4 is 11.2 Å². The monoisotopic (exact) mass is 469 g/mol. The van der Waals surface area contributed by atoms with Gasteiger partial charge in [-0.2, -0.15) is 4.39 Å². The Kier molecular flexibility index (Phi) is 9.94. The fraction of sp³-hybridized carbons (Fsp3) is 0.346. The summed E-state index contributed by atoms with van der Waals surface area (Å²) in [7, 11) is 4.10. The third-order valence-electron chi connectivity index (χ3n) is 5.37. The minimum absolute atomic E-state index is 0.139. The molecule has 7 nitrogen and oxygen atoms in total. The molecule has 2 atom stereocenters. The minimum atomic E-state index is -1.00. The normalized spacial score (nSPS) is 13.4. The lowest BCUT2D eigenvalue weighted by Crippen LogP contribution is -2.44. The number of aromatic nitrogens is 2. The van der Waals surface area contributed by atoms with Crippen LogP contribution in [0.3, 0.4) is 0 Å². The first-order valence-electron chi connectivity index (χ1n) is 11.1. The second-order valence-electron chi connectivity index (χ2n) is 8.33. The van der Waals surface area contributed by atoms with E-state index in [9.17, 15) is 18.8 Å². The van der Waals surface area contributed by atoms with E-state index in [1.54, 1.807) is 4.98 Å². The molecule has 3 aromatic rings. The fourth-order valence-corrected chi connectivity index (χ4v) is 3.74. The highest BCUT2D eigenvalue weighted by Crippen LogP contribution is 2.38. The van der Waals surface area contributed by atoms with Gasteiger partial charge < -0.3 is 14.6 Å². The van der Waals surface area contributed by atoms with Crippen LogP contribution in [-0.4, -0.2) is 41.5 Å². The Morgan fingerprint density at radius 2 is 1.65 bits per heavy atom. The van der Waals surface area contributed by atoms with E-state index in [4.69, 9.17) is 4.74 Å². The third kappa shape index (κ3) is 7.52. The number of hydrogen-bond donors (Lipinski definition) is 2. The number of benzene rings is 2. The maximum atomic E-state index is 12.3. The van der Waals surface area contributed by atoms with Crippen LogP contribution in [0.4, 0.5) is 4.39 Å². The number of hydrogen-bond acceptors (Lipinski definition) is 5. The molecule has 3 rings (SSSR count). The molecule has 34 heavy (non-hydrogen) atoms. The summed E-state index contributed by atoms with van der Waals surface area (Å²) in [5.74, 6) is -1.01. The number of rotatable bonds is 8. The van der Waals surface area contributed by atoms with Crippen LogP contribution in [0.2, 0.25) is 0 Å². The first kappa shape index (κ1) is 26.7. The molecule has 0 aliphatic heterocycles. The van der Waals surface area contributed by atoms with Gasteiger partial charge in [-0.1, -0.05) is 74.5 Å². The summed E-state index contributed by atoms with van der Waals surface area (Å²) in [6.45, 7) is 4.84. The van der Waals surface area contributed by atoms with Gasteiger partial charge in [-0.15, -0.1) is 0 Å². The average Bonchev–Trinajstić information content (AvgIpc) is 2.82. The van der Waals surface area contributed by atoms with E-state index in [2.05, 4.69) is 50.2 Å². The number of esters is 1. The summed E-state index contributed by atoms with van der Waals surface area (Å²) in [5, 5.41) is 0. The molecule has 0 aliphatic rings. The Balaban J connectivity index is 0.000000379. The van der Waals surface area contributed by atoms with Crippen molar-refractivity contribution in [3.63, 3.8) is 0 Å². The zero-order valence-electron chi connectivity index (χ0n) is 20.0. The highest BCUT2D eigenvalue weighted by molar-refractivity contribution is 5.69. The first-order valence-corrected chi connectivity index (χ1v) is 11.1. The van der Waals surface area contributed by atoms with Crippen LogP contribution in [0.1, 0.15) is 31.4 Å². The van der Waals surface area contributed by atoms with Crippen LogP contribution in [0.5, 0.6) is 0 Å². The Labute approximate surface area is 198 Å². The third-order valence-corrected chi connectivity index (χ3v) is 5.37. The largest absolute Gasteiger partial charge is 0.453 e. The second-order valence-corrected chi connectivity index (χ2v) is 8.33. The summed E-state index contributed by atoms with van der Waals surface area (Å²) >= 11 is 0. The molecule has 2 N–H and O–H groups in total. The van der Waals surface area contributed by atoms with Crippen LogP contribution in [0.25, 0.3) is 0 Å². The van der Waals surface area contributed by atoms with Crippen molar-refractivity contribution in [1.82, 2.24) is 14.9 Å². The molecular weight excluding hydrogens is 437 g/mol. The lowest BCUT2D eigenvalue weighted by atomic mass is 9.77. The van der Waals surface area contributed by atoms with Crippen molar-refractivity contribution in [1.29, 1.82) is 0 Å². The highest BCUT2D eigenvalue weighted by Gasteiger charge is 2.42. The number of aromatic amines is 2. The van der Waals surface area contributed by atoms with Crippen molar-refractivity contribution >= 4 is 5.97 Å². The van der Waals surface area contributed by atoms with E-state index in [0.29, 0.717) is 19.0 Å². The number of carbonyl (C=O) groups is 1. The van der Waals surface area contributed by atoms with Crippen LogP contribution >= 0.6 is 0 Å². The molecule has 0 bridgehead atoms. The van der Waals surface area contributed by atoms with Gasteiger partial charge in [-0.3, -0.25) is 14.6 Å². The van der Waals surface area contributed by atoms with Gasteiger partial charge in [0.1, 0.15) is 5.60 Å². The minimum Gasteiger partial charge on any atom is -0.453 e. The molecule has 0 spiro atoms. The lowest BCUT2D eigenvalue weighted by Gasteiger charge is -2.40. The van der Waals surface area contributed by atoms with Gasteiger partial charge in [0.2, 0.25) is 5.82 Å². The predicted octanol–water partition coefficient (Wildman–Crippen LogP) is 3.48. The van der Waals surface area contributed by atoms with Crippen molar-refractivity contribution in [2.24, 2.45) is 5.92 Å². The summed E-state index contributed by atoms with van der Waals surface area (Å²) in [6.07, 6.45) is 1.75. The van der Waals surface area contributed by atoms with Crippen molar-refractivity contribution in [2.75, 3.05) is 20.6 Å². The SMILES string of the molecule is CCC(=O)O[C@](Cc1ccccc1)(c1ccccc1)[C@H](C)CN(C)C.O=c1[nH]cc(F)c(=O)[nH]1. The van der Waals surface area contributed by atoms with E-state index in [1.165, 1.54) is 5.56 Å². The number of halogens is 1. The number of nitrogens with zero attached hydrogens (tertiary/aromatic N) is 1. The number of carbonyl (C=O) groups excluding carboxylic acids is 1. The van der Waals surface area contributed by atoms with Crippen molar-refractivity contribution in [3.8, 4) is 0 Å². The Morgan fingerprint density at radius 3 is 2.15 bits per heavy atom. The van der Waals surface area contributed by atoms with Crippen molar-refractivity contribution in [2.45, 2.75) is 32.3 Å². The maximum Gasteiger partial charge on any atom is 0.325 e. The van der Waals surface area contributed by atoms with Crippen LogP contribution in [-0.2, 0) is 21.6 Å². The zero-order chi connectivity index (χ0) is 25.1. The van der Waals surface area contributed by atoms with Gasteiger partial charge >= 0.3 is 11.7 Å². The first-order chi connectivity index (χ1) is 16.2. The predicted molar refractivity (Wildman–Crippen MR) is 130 cm³/mol. The molecule has 0 aliphatic carbocycles. The quantitative estimate of drug-likeness (QED) is 0.493. The second kappa shape index (κ2) is 12.6. The molecule has 1 heterocycles. The molecule has 1 aromatic heterocycles. The molecule has 0 fully saturated rings. The van der Waals surface area contributed by atoms with Crippen molar-refractivity contribution < 1.29 is 13.9 Å². The summed E-state index contributed by atoms with van der Waals surface area (Å²) in [6, 6.07) is 20.4. The molecule has 0 unspecified atom stereocenters. The molecule has 2 aromatic carbocycles. The molecule has 8 heteroatoms. The average molecular weight is 470 g/mol. The van der Waals surface area contributed by atoms with Gasteiger partial charge in [0, 0.05) is 31.5 Å². The van der Waals surface area contributed by atoms with Gasteiger partial charge in [0.05, 0.1) is 0 Å². The maximum absolute atomic E-state index is 12.3. The number of H-pyrrole nitrogens is 2. The molecule has 0 amide bonds. The Bertz CT molecular complexity index is 1150. The molecular formula is C26H32FN3O4. The van der Waals surface area contributed by atoms with Crippen LogP contribution in [0.15, 0.2) is 76.4 Å².